The molecular formula is C17H16N6. The van der Waals surface area contributed by atoms with E-state index >= 15 is 0 Å². The number of nitrogens with one attached hydrogen (secondary N) is 1. The van der Waals surface area contributed by atoms with Crippen LogP contribution in [0.3, 0.4) is 0 Å². The summed E-state index contributed by atoms with van der Waals surface area (Å²) in [5, 5.41) is 19.0. The van der Waals surface area contributed by atoms with E-state index in [4.69, 9.17) is 5.10 Å². The molecule has 6 nitrogen and oxygen atoms in total. The number of hydrogen-bond donors (Lipinski definition) is 1. The van der Waals surface area contributed by atoms with E-state index in [9.17, 15) is 0 Å². The van der Waals surface area contributed by atoms with Crippen molar-refractivity contribution in [2.75, 3.05) is 0 Å². The Morgan fingerprint density at radius 3 is 2.87 bits per heavy atom. The van der Waals surface area contributed by atoms with Crippen molar-refractivity contribution in [3.05, 3.63) is 65.4 Å². The molecule has 0 saturated heterocycles. The molecule has 1 aliphatic rings. The lowest BCUT2D eigenvalue weighted by Crippen LogP contribution is -2.06. The van der Waals surface area contributed by atoms with Gasteiger partial charge in [-0.1, -0.05) is 48.1 Å². The lowest BCUT2D eigenvalue weighted by Gasteiger charge is -2.06. The number of tetrazole rings is 1. The van der Waals surface area contributed by atoms with E-state index in [0.717, 1.165) is 30.6 Å². The van der Waals surface area contributed by atoms with Gasteiger partial charge in [-0.15, -0.1) is 16.8 Å². The first-order valence-corrected chi connectivity index (χ1v) is 7.53. The third-order valence-corrected chi connectivity index (χ3v) is 3.98. The fraction of sp³-hybridized carbons (Fsp3) is 0.176. The lowest BCUT2D eigenvalue weighted by molar-refractivity contribution is 0.654. The predicted molar refractivity (Wildman–Crippen MR) is 87.4 cm³/mol. The van der Waals surface area contributed by atoms with Crippen LogP contribution in [0.4, 0.5) is 0 Å². The Morgan fingerprint density at radius 1 is 1.26 bits per heavy atom. The van der Waals surface area contributed by atoms with Crippen LogP contribution >= 0.6 is 0 Å². The summed E-state index contributed by atoms with van der Waals surface area (Å²) < 4.78 is 2.04. The van der Waals surface area contributed by atoms with Gasteiger partial charge in [-0.25, -0.2) is 0 Å². The zero-order chi connectivity index (χ0) is 15.6. The molecule has 1 aromatic carbocycles. The third-order valence-electron chi connectivity index (χ3n) is 3.98. The van der Waals surface area contributed by atoms with Crippen molar-refractivity contribution in [1.82, 2.24) is 30.4 Å². The molecule has 0 unspecified atom stereocenters. The van der Waals surface area contributed by atoms with Crippen LogP contribution in [0.5, 0.6) is 0 Å². The molecule has 0 atom stereocenters. The number of rotatable bonds is 5. The highest BCUT2D eigenvalue weighted by Gasteiger charge is 2.25. The molecule has 0 saturated carbocycles. The number of benzene rings is 1. The Kier molecular flexibility index (Phi) is 3.34. The number of aromatic amines is 1. The highest BCUT2D eigenvalue weighted by atomic mass is 15.5. The van der Waals surface area contributed by atoms with E-state index in [1.165, 1.54) is 16.8 Å². The van der Waals surface area contributed by atoms with Crippen LogP contribution in [-0.4, -0.2) is 30.4 Å². The summed E-state index contributed by atoms with van der Waals surface area (Å²) >= 11 is 0. The van der Waals surface area contributed by atoms with E-state index < -0.39 is 0 Å². The molecule has 0 aliphatic heterocycles. The fourth-order valence-electron chi connectivity index (χ4n) is 2.95. The van der Waals surface area contributed by atoms with E-state index in [1.54, 1.807) is 0 Å². The summed E-state index contributed by atoms with van der Waals surface area (Å²) in [6.07, 6.45) is 5.88. The van der Waals surface area contributed by atoms with Crippen molar-refractivity contribution < 1.29 is 0 Å². The summed E-state index contributed by atoms with van der Waals surface area (Å²) in [5.74, 6) is 0.532. The number of nitrogens with zero attached hydrogens (tertiary/aromatic N) is 5. The molecule has 3 aromatic rings. The third kappa shape index (κ3) is 2.48. The van der Waals surface area contributed by atoms with Crippen LogP contribution < -0.4 is 0 Å². The van der Waals surface area contributed by atoms with Crippen LogP contribution in [-0.2, 0) is 13.0 Å². The first kappa shape index (κ1) is 13.6. The minimum atomic E-state index is 0.532. The minimum Gasteiger partial charge on any atom is -0.263 e. The number of H-pyrrole nitrogens is 1. The molecule has 0 spiro atoms. The quantitative estimate of drug-likeness (QED) is 0.735. The molecule has 0 bridgehead atoms. The second-order valence-corrected chi connectivity index (χ2v) is 5.56. The van der Waals surface area contributed by atoms with Gasteiger partial charge < -0.3 is 0 Å². The van der Waals surface area contributed by atoms with E-state index in [1.807, 2.05) is 29.0 Å². The smallest absolute Gasteiger partial charge is 0.225 e. The van der Waals surface area contributed by atoms with Crippen LogP contribution in [0.15, 0.2) is 48.6 Å². The van der Waals surface area contributed by atoms with E-state index in [2.05, 4.69) is 45.4 Å². The summed E-state index contributed by atoms with van der Waals surface area (Å²) in [6.45, 7) is 4.56. The average molecular weight is 304 g/mol. The maximum atomic E-state index is 4.73. The highest BCUT2D eigenvalue weighted by Crippen LogP contribution is 2.33. The molecule has 6 heteroatoms. The zero-order valence-electron chi connectivity index (χ0n) is 12.6. The molecule has 2 aromatic heterocycles. The van der Waals surface area contributed by atoms with E-state index in [-0.39, 0.29) is 0 Å². The monoisotopic (exact) mass is 304 g/mol. The lowest BCUT2D eigenvalue weighted by atomic mass is 10.1. The van der Waals surface area contributed by atoms with Crippen molar-refractivity contribution in [1.29, 1.82) is 0 Å². The van der Waals surface area contributed by atoms with Crippen LogP contribution in [0.2, 0.25) is 0 Å². The number of hydrogen-bond acceptors (Lipinski definition) is 4. The number of allylic oxidation sites excluding steroid dienone is 2. The zero-order valence-corrected chi connectivity index (χ0v) is 12.6. The topological polar surface area (TPSA) is 72.3 Å². The van der Waals surface area contributed by atoms with Gasteiger partial charge in [-0.2, -0.15) is 10.3 Å². The molecule has 2 heterocycles. The summed E-state index contributed by atoms with van der Waals surface area (Å²) in [4.78, 5) is 0. The van der Waals surface area contributed by atoms with Crippen molar-refractivity contribution in [3.63, 3.8) is 0 Å². The van der Waals surface area contributed by atoms with Crippen LogP contribution in [0, 0.1) is 0 Å². The first-order chi connectivity index (χ1) is 11.3. The number of aromatic nitrogens is 6. The van der Waals surface area contributed by atoms with Crippen molar-refractivity contribution in [2.24, 2.45) is 0 Å². The summed E-state index contributed by atoms with van der Waals surface area (Å²) in [6, 6.07) is 10.3. The molecule has 1 N–H and O–H groups in total. The van der Waals surface area contributed by atoms with Gasteiger partial charge in [0.1, 0.15) is 5.69 Å². The first-order valence-electron chi connectivity index (χ1n) is 7.53. The maximum Gasteiger partial charge on any atom is 0.225 e. The van der Waals surface area contributed by atoms with Gasteiger partial charge in [-0.05, 0) is 17.2 Å². The fourth-order valence-corrected chi connectivity index (χ4v) is 2.95. The molecular weight excluding hydrogens is 288 g/mol. The van der Waals surface area contributed by atoms with Gasteiger partial charge in [0.05, 0.1) is 12.2 Å². The van der Waals surface area contributed by atoms with Crippen LogP contribution in [0.1, 0.15) is 23.2 Å². The Bertz CT molecular complexity index is 858. The summed E-state index contributed by atoms with van der Waals surface area (Å²) in [5.41, 5.74) is 5.63. The molecule has 114 valence electrons. The highest BCUT2D eigenvalue weighted by molar-refractivity contribution is 5.74. The molecule has 0 radical (unpaired) electrons. The van der Waals surface area contributed by atoms with Crippen molar-refractivity contribution >= 4 is 6.08 Å². The predicted octanol–water partition coefficient (Wildman–Crippen LogP) is 2.63. The molecule has 23 heavy (non-hydrogen) atoms. The Labute approximate surface area is 133 Å². The maximum absolute atomic E-state index is 4.73. The van der Waals surface area contributed by atoms with Gasteiger partial charge >= 0.3 is 0 Å². The number of fused-ring (bicyclic) bond motifs is 1. The SMILES string of the molecule is C=CCC1=Cc2c(-c3nn[nH]n3)nn(Cc3ccccc3)c2C1. The van der Waals surface area contributed by atoms with Gasteiger partial charge in [0.15, 0.2) is 0 Å². The van der Waals surface area contributed by atoms with Gasteiger partial charge in [-0.3, -0.25) is 4.68 Å². The summed E-state index contributed by atoms with van der Waals surface area (Å²) in [7, 11) is 0. The molecule has 1 aliphatic carbocycles. The minimum absolute atomic E-state index is 0.532. The van der Waals surface area contributed by atoms with Crippen LogP contribution in [0.25, 0.3) is 17.6 Å². The molecule has 0 fully saturated rings. The van der Waals surface area contributed by atoms with Crippen molar-refractivity contribution in [3.8, 4) is 11.5 Å². The second kappa shape index (κ2) is 5.64. The standard InChI is InChI=1S/C17H16N6/c1-2-6-13-9-14-15(10-13)23(11-12-7-4-3-5-8-12)20-16(14)17-18-21-22-19-17/h2-5,7-9H,1,6,10-11H2,(H,18,19,21,22). The van der Waals surface area contributed by atoms with E-state index in [0.29, 0.717) is 5.82 Å². The normalized spacial score (nSPS) is 13.0. The van der Waals surface area contributed by atoms with Crippen molar-refractivity contribution in [2.45, 2.75) is 19.4 Å². The van der Waals surface area contributed by atoms with Gasteiger partial charge in [0.25, 0.3) is 0 Å². The molecule has 4 rings (SSSR count). The second-order valence-electron chi connectivity index (χ2n) is 5.56. The van der Waals surface area contributed by atoms with Gasteiger partial charge in [0, 0.05) is 12.0 Å². The largest absolute Gasteiger partial charge is 0.263 e. The Balaban J connectivity index is 1.76. The van der Waals surface area contributed by atoms with Gasteiger partial charge in [0.2, 0.25) is 5.82 Å². The molecule has 0 amide bonds. The Morgan fingerprint density at radius 2 is 2.13 bits per heavy atom. The Hall–Kier alpha value is -3.02. The average Bonchev–Trinajstić information content (AvgIpc) is 3.27.